The Kier molecular flexibility index (Phi) is 6.23. The summed E-state index contributed by atoms with van der Waals surface area (Å²) < 4.78 is 0. The van der Waals surface area contributed by atoms with Crippen LogP contribution in [0.25, 0.3) is 16.6 Å². The standard InChI is InChI=1S/C15H14N2.C2H6/c1-3-7-12(8-4-2)15-11-16-13-9-5-6-10-14(13)17-15;1-2/h3-11H,1H2,2H3;1-2H3/b8-4-,12-7+;. The van der Waals surface area contributed by atoms with Gasteiger partial charge in [-0.2, -0.15) is 0 Å². The molecular formula is C17H20N2. The minimum atomic E-state index is 0.863. The van der Waals surface area contributed by atoms with E-state index in [1.807, 2.05) is 63.3 Å². The van der Waals surface area contributed by atoms with Crippen molar-refractivity contribution >= 4 is 16.6 Å². The average molecular weight is 252 g/mol. The number of allylic oxidation sites excluding steroid dienone is 5. The van der Waals surface area contributed by atoms with Gasteiger partial charge in [-0.15, -0.1) is 0 Å². The van der Waals surface area contributed by atoms with Gasteiger partial charge in [0.05, 0.1) is 22.9 Å². The van der Waals surface area contributed by atoms with Crippen LogP contribution in [-0.2, 0) is 0 Å². The zero-order valence-electron chi connectivity index (χ0n) is 11.8. The van der Waals surface area contributed by atoms with Crippen molar-refractivity contribution in [1.82, 2.24) is 9.97 Å². The van der Waals surface area contributed by atoms with E-state index in [-0.39, 0.29) is 0 Å². The van der Waals surface area contributed by atoms with Crippen molar-refractivity contribution in [3.05, 3.63) is 67.0 Å². The molecule has 2 heteroatoms. The van der Waals surface area contributed by atoms with Gasteiger partial charge in [-0.25, -0.2) is 4.98 Å². The zero-order valence-corrected chi connectivity index (χ0v) is 11.8. The van der Waals surface area contributed by atoms with Gasteiger partial charge >= 0.3 is 0 Å². The highest BCUT2D eigenvalue weighted by Gasteiger charge is 2.01. The lowest BCUT2D eigenvalue weighted by atomic mass is 10.1. The van der Waals surface area contributed by atoms with Crippen LogP contribution < -0.4 is 0 Å². The van der Waals surface area contributed by atoms with Gasteiger partial charge in [0.25, 0.3) is 0 Å². The van der Waals surface area contributed by atoms with Crippen molar-refractivity contribution in [2.45, 2.75) is 20.8 Å². The number of hydrogen-bond acceptors (Lipinski definition) is 2. The van der Waals surface area contributed by atoms with Gasteiger partial charge in [0.2, 0.25) is 0 Å². The van der Waals surface area contributed by atoms with Crippen LogP contribution >= 0.6 is 0 Å². The molecule has 0 fully saturated rings. The molecule has 0 N–H and O–H groups in total. The molecule has 0 saturated heterocycles. The SMILES string of the molecule is C=C/C=C(\C=C/C)c1cnc2ccccc2n1.CC. The highest BCUT2D eigenvalue weighted by atomic mass is 14.8. The molecule has 2 nitrogen and oxygen atoms in total. The molecule has 98 valence electrons. The van der Waals surface area contributed by atoms with Crippen molar-refractivity contribution in [2.24, 2.45) is 0 Å². The number of nitrogens with zero attached hydrogens (tertiary/aromatic N) is 2. The van der Waals surface area contributed by atoms with E-state index in [1.165, 1.54) is 0 Å². The third kappa shape index (κ3) is 3.88. The summed E-state index contributed by atoms with van der Waals surface area (Å²) in [6.45, 7) is 9.69. The van der Waals surface area contributed by atoms with E-state index in [2.05, 4.69) is 16.5 Å². The molecule has 0 aliphatic rings. The van der Waals surface area contributed by atoms with Crippen LogP contribution in [-0.4, -0.2) is 9.97 Å². The molecule has 0 aliphatic heterocycles. The van der Waals surface area contributed by atoms with E-state index in [4.69, 9.17) is 0 Å². The number of hydrogen-bond donors (Lipinski definition) is 0. The second-order valence-electron chi connectivity index (χ2n) is 3.60. The highest BCUT2D eigenvalue weighted by molar-refractivity contribution is 5.79. The molecule has 0 saturated carbocycles. The molecule has 0 atom stereocenters. The van der Waals surface area contributed by atoms with Crippen LogP contribution in [0.4, 0.5) is 0 Å². The molecule has 2 aromatic rings. The molecule has 0 aliphatic carbocycles. The molecule has 19 heavy (non-hydrogen) atoms. The zero-order chi connectivity index (χ0) is 14.1. The van der Waals surface area contributed by atoms with Crippen LogP contribution in [0.15, 0.2) is 61.3 Å². The number of fused-ring (bicyclic) bond motifs is 1. The molecular weight excluding hydrogens is 232 g/mol. The summed E-state index contributed by atoms with van der Waals surface area (Å²) in [4.78, 5) is 8.98. The fourth-order valence-electron chi connectivity index (χ4n) is 1.63. The van der Waals surface area contributed by atoms with Gasteiger partial charge < -0.3 is 0 Å². The third-order valence-corrected chi connectivity index (χ3v) is 2.39. The molecule has 0 amide bonds. The first kappa shape index (κ1) is 14.8. The minimum Gasteiger partial charge on any atom is -0.252 e. The van der Waals surface area contributed by atoms with Crippen molar-refractivity contribution in [2.75, 3.05) is 0 Å². The van der Waals surface area contributed by atoms with Crippen LogP contribution in [0.2, 0.25) is 0 Å². The van der Waals surface area contributed by atoms with Crippen molar-refractivity contribution in [3.63, 3.8) is 0 Å². The predicted octanol–water partition coefficient (Wildman–Crippen LogP) is 4.80. The molecule has 0 unspecified atom stereocenters. The van der Waals surface area contributed by atoms with Crippen molar-refractivity contribution < 1.29 is 0 Å². The smallest absolute Gasteiger partial charge is 0.0894 e. The maximum atomic E-state index is 4.58. The topological polar surface area (TPSA) is 25.8 Å². The largest absolute Gasteiger partial charge is 0.252 e. The molecule has 1 aromatic carbocycles. The fourth-order valence-corrected chi connectivity index (χ4v) is 1.63. The van der Waals surface area contributed by atoms with Gasteiger partial charge in [0.1, 0.15) is 0 Å². The van der Waals surface area contributed by atoms with Gasteiger partial charge in [0, 0.05) is 5.57 Å². The number of rotatable bonds is 3. The second kappa shape index (κ2) is 7.98. The maximum absolute atomic E-state index is 4.58. The Morgan fingerprint density at radius 3 is 2.47 bits per heavy atom. The fraction of sp³-hybridized carbons (Fsp3) is 0.176. The molecule has 1 aromatic heterocycles. The van der Waals surface area contributed by atoms with Crippen LogP contribution in [0.3, 0.4) is 0 Å². The minimum absolute atomic E-state index is 0.863. The van der Waals surface area contributed by atoms with E-state index < -0.39 is 0 Å². The third-order valence-electron chi connectivity index (χ3n) is 2.39. The Bertz CT molecular complexity index is 595. The number of para-hydroxylation sites is 2. The lowest BCUT2D eigenvalue weighted by Gasteiger charge is -2.02. The van der Waals surface area contributed by atoms with Crippen LogP contribution in [0, 0.1) is 0 Å². The van der Waals surface area contributed by atoms with Gasteiger partial charge in [-0.3, -0.25) is 4.98 Å². The molecule has 0 spiro atoms. The lowest BCUT2D eigenvalue weighted by molar-refractivity contribution is 1.25. The van der Waals surface area contributed by atoms with Crippen molar-refractivity contribution in [3.8, 4) is 0 Å². The first-order valence-corrected chi connectivity index (χ1v) is 6.52. The molecule has 0 radical (unpaired) electrons. The van der Waals surface area contributed by atoms with Crippen LogP contribution in [0.1, 0.15) is 26.5 Å². The van der Waals surface area contributed by atoms with Crippen molar-refractivity contribution in [1.29, 1.82) is 0 Å². The highest BCUT2D eigenvalue weighted by Crippen LogP contribution is 2.16. The Morgan fingerprint density at radius 1 is 1.16 bits per heavy atom. The number of benzene rings is 1. The van der Waals surface area contributed by atoms with Gasteiger partial charge in [-0.05, 0) is 19.1 Å². The summed E-state index contributed by atoms with van der Waals surface area (Å²) >= 11 is 0. The Labute approximate surface area is 115 Å². The summed E-state index contributed by atoms with van der Waals surface area (Å²) in [5, 5.41) is 0. The van der Waals surface area contributed by atoms with E-state index in [9.17, 15) is 0 Å². The molecule has 1 heterocycles. The van der Waals surface area contributed by atoms with Gasteiger partial charge in [-0.1, -0.05) is 56.9 Å². The summed E-state index contributed by atoms with van der Waals surface area (Å²) in [5.74, 6) is 0. The first-order chi connectivity index (χ1) is 9.35. The van der Waals surface area contributed by atoms with Gasteiger partial charge in [0.15, 0.2) is 0 Å². The van der Waals surface area contributed by atoms with E-state index >= 15 is 0 Å². The monoisotopic (exact) mass is 252 g/mol. The summed E-state index contributed by atoms with van der Waals surface area (Å²) in [6.07, 6.45) is 9.45. The number of aromatic nitrogens is 2. The lowest BCUT2D eigenvalue weighted by Crippen LogP contribution is -1.90. The Balaban J connectivity index is 0.000000861. The quantitative estimate of drug-likeness (QED) is 0.733. The van der Waals surface area contributed by atoms with E-state index in [0.717, 1.165) is 22.3 Å². The normalized spacial score (nSPS) is 11.2. The molecule has 2 rings (SSSR count). The summed E-state index contributed by atoms with van der Waals surface area (Å²) in [5.41, 5.74) is 3.70. The second-order valence-corrected chi connectivity index (χ2v) is 3.60. The first-order valence-electron chi connectivity index (χ1n) is 6.52. The van der Waals surface area contributed by atoms with E-state index in [0.29, 0.717) is 0 Å². The van der Waals surface area contributed by atoms with E-state index in [1.54, 1.807) is 12.3 Å². The molecule has 0 bridgehead atoms. The Hall–Kier alpha value is -2.22. The Morgan fingerprint density at radius 2 is 1.84 bits per heavy atom. The summed E-state index contributed by atoms with van der Waals surface area (Å²) in [7, 11) is 0. The average Bonchev–Trinajstić information content (AvgIpc) is 2.48. The maximum Gasteiger partial charge on any atom is 0.0894 e. The van der Waals surface area contributed by atoms with Crippen LogP contribution in [0.5, 0.6) is 0 Å². The summed E-state index contributed by atoms with van der Waals surface area (Å²) in [6, 6.07) is 7.85. The predicted molar refractivity (Wildman–Crippen MR) is 83.9 cm³/mol.